The number of benzene rings is 1. The fraction of sp³-hybridized carbons (Fsp3) is 0.333. The highest BCUT2D eigenvalue weighted by molar-refractivity contribution is 5.70. The summed E-state index contributed by atoms with van der Waals surface area (Å²) in [5.41, 5.74) is 2.68. The van der Waals surface area contributed by atoms with Gasteiger partial charge in [0.2, 0.25) is 0 Å². The molecule has 4 heteroatoms. The number of rotatable bonds is 3. The van der Waals surface area contributed by atoms with Crippen molar-refractivity contribution in [2.75, 3.05) is 0 Å². The third-order valence-corrected chi connectivity index (χ3v) is 2.93. The van der Waals surface area contributed by atoms with Crippen molar-refractivity contribution in [2.45, 2.75) is 32.6 Å². The smallest absolute Gasteiger partial charge is 0.309 e. The largest absolute Gasteiger partial charge is 0.481 e. The zero-order chi connectivity index (χ0) is 14.0. The fourth-order valence-corrected chi connectivity index (χ4v) is 1.82. The average Bonchev–Trinajstić information content (AvgIpc) is 2.75. The third kappa shape index (κ3) is 3.22. The zero-order valence-corrected chi connectivity index (χ0v) is 11.3. The molecule has 100 valence electrons. The molecule has 0 atom stereocenters. The number of hydrogen-bond acceptors (Lipinski definition) is 3. The number of nitrogens with zero attached hydrogens (tertiary/aromatic N) is 1. The van der Waals surface area contributed by atoms with Gasteiger partial charge in [-0.1, -0.05) is 50.2 Å². The lowest BCUT2D eigenvalue weighted by molar-refractivity contribution is -0.136. The summed E-state index contributed by atoms with van der Waals surface area (Å²) in [7, 11) is 0. The number of aliphatic carboxylic acids is 1. The molecule has 0 saturated heterocycles. The first kappa shape index (κ1) is 13.3. The van der Waals surface area contributed by atoms with E-state index >= 15 is 0 Å². The van der Waals surface area contributed by atoms with Crippen LogP contribution in [0.2, 0.25) is 0 Å². The Labute approximate surface area is 112 Å². The summed E-state index contributed by atoms with van der Waals surface area (Å²) >= 11 is 0. The van der Waals surface area contributed by atoms with Crippen LogP contribution in [-0.2, 0) is 16.6 Å². The lowest BCUT2D eigenvalue weighted by Crippen LogP contribution is -2.10. The second-order valence-corrected chi connectivity index (χ2v) is 5.58. The molecule has 1 aromatic heterocycles. The summed E-state index contributed by atoms with van der Waals surface area (Å²) < 4.78 is 5.16. The van der Waals surface area contributed by atoms with Gasteiger partial charge in [0, 0.05) is 11.6 Å². The Morgan fingerprint density at radius 3 is 2.42 bits per heavy atom. The average molecular weight is 259 g/mol. The topological polar surface area (TPSA) is 63.3 Å². The highest BCUT2D eigenvalue weighted by Gasteiger charge is 2.14. The summed E-state index contributed by atoms with van der Waals surface area (Å²) in [6.45, 7) is 6.46. The molecule has 0 aliphatic heterocycles. The van der Waals surface area contributed by atoms with Crippen LogP contribution in [0.4, 0.5) is 0 Å². The summed E-state index contributed by atoms with van der Waals surface area (Å²) in [6.07, 6.45) is -0.121. The van der Waals surface area contributed by atoms with Crippen molar-refractivity contribution in [3.05, 3.63) is 41.6 Å². The van der Waals surface area contributed by atoms with Gasteiger partial charge in [0.1, 0.15) is 0 Å². The van der Waals surface area contributed by atoms with Gasteiger partial charge >= 0.3 is 5.97 Å². The number of aromatic nitrogens is 1. The van der Waals surface area contributed by atoms with E-state index < -0.39 is 5.97 Å². The van der Waals surface area contributed by atoms with Crippen LogP contribution >= 0.6 is 0 Å². The van der Waals surface area contributed by atoms with Gasteiger partial charge in [-0.05, 0) is 11.0 Å². The maximum Gasteiger partial charge on any atom is 0.309 e. The van der Waals surface area contributed by atoms with E-state index in [0.29, 0.717) is 11.5 Å². The van der Waals surface area contributed by atoms with E-state index in [1.165, 1.54) is 5.56 Å². The molecule has 0 aliphatic rings. The lowest BCUT2D eigenvalue weighted by atomic mass is 9.86. The summed E-state index contributed by atoms with van der Waals surface area (Å²) in [4.78, 5) is 10.6. The molecule has 0 fully saturated rings. The molecule has 19 heavy (non-hydrogen) atoms. The van der Waals surface area contributed by atoms with Gasteiger partial charge in [-0.3, -0.25) is 4.79 Å². The highest BCUT2D eigenvalue weighted by atomic mass is 16.5. The first-order valence-corrected chi connectivity index (χ1v) is 6.14. The molecule has 4 nitrogen and oxygen atoms in total. The maximum atomic E-state index is 10.6. The molecule has 0 saturated carbocycles. The first-order valence-electron chi connectivity index (χ1n) is 6.14. The molecule has 1 heterocycles. The molecule has 0 unspecified atom stereocenters. The molecule has 1 N–H and O–H groups in total. The van der Waals surface area contributed by atoms with Crippen LogP contribution in [0, 0.1) is 0 Å². The van der Waals surface area contributed by atoms with Crippen molar-refractivity contribution in [1.29, 1.82) is 0 Å². The van der Waals surface area contributed by atoms with Crippen molar-refractivity contribution in [1.82, 2.24) is 5.16 Å². The summed E-state index contributed by atoms with van der Waals surface area (Å²) in [5.74, 6) is -0.320. The van der Waals surface area contributed by atoms with Gasteiger partial charge in [0.15, 0.2) is 5.76 Å². The van der Waals surface area contributed by atoms with E-state index in [-0.39, 0.29) is 11.8 Å². The number of carbonyl (C=O) groups is 1. The van der Waals surface area contributed by atoms with E-state index in [1.54, 1.807) is 6.07 Å². The van der Waals surface area contributed by atoms with Crippen LogP contribution in [-0.4, -0.2) is 16.2 Å². The van der Waals surface area contributed by atoms with Gasteiger partial charge in [0.05, 0.1) is 12.1 Å². The number of carboxylic acid groups (broad SMARTS) is 1. The van der Waals surface area contributed by atoms with Crippen molar-refractivity contribution >= 4 is 5.97 Å². The summed E-state index contributed by atoms with van der Waals surface area (Å²) in [5, 5.41) is 12.4. The van der Waals surface area contributed by atoms with Gasteiger partial charge in [-0.25, -0.2) is 0 Å². The van der Waals surface area contributed by atoms with Crippen molar-refractivity contribution in [3.63, 3.8) is 0 Å². The Morgan fingerprint density at radius 2 is 1.89 bits per heavy atom. The Hall–Kier alpha value is -2.10. The van der Waals surface area contributed by atoms with Gasteiger partial charge in [-0.2, -0.15) is 0 Å². The second-order valence-electron chi connectivity index (χ2n) is 5.58. The zero-order valence-electron chi connectivity index (χ0n) is 11.3. The molecule has 0 spiro atoms. The van der Waals surface area contributed by atoms with Crippen LogP contribution in [0.25, 0.3) is 11.3 Å². The highest BCUT2D eigenvalue weighted by Crippen LogP contribution is 2.26. The van der Waals surface area contributed by atoms with E-state index in [2.05, 4.69) is 38.1 Å². The quantitative estimate of drug-likeness (QED) is 0.918. The van der Waals surface area contributed by atoms with Gasteiger partial charge in [0.25, 0.3) is 0 Å². The molecular formula is C15H17NO3. The third-order valence-electron chi connectivity index (χ3n) is 2.93. The molecule has 0 radical (unpaired) electrons. The predicted octanol–water partition coefficient (Wildman–Crippen LogP) is 3.27. The van der Waals surface area contributed by atoms with Crippen molar-refractivity contribution in [2.24, 2.45) is 0 Å². The van der Waals surface area contributed by atoms with Crippen molar-refractivity contribution < 1.29 is 14.4 Å². The number of hydrogen-bond donors (Lipinski definition) is 1. The fourth-order valence-electron chi connectivity index (χ4n) is 1.82. The van der Waals surface area contributed by atoms with E-state index in [9.17, 15) is 4.79 Å². The van der Waals surface area contributed by atoms with E-state index in [0.717, 1.165) is 5.56 Å². The minimum Gasteiger partial charge on any atom is -0.481 e. The lowest BCUT2D eigenvalue weighted by Gasteiger charge is -2.18. The van der Waals surface area contributed by atoms with Crippen LogP contribution in [0.5, 0.6) is 0 Å². The van der Waals surface area contributed by atoms with Crippen LogP contribution in [0.3, 0.4) is 0 Å². The standard InChI is InChI=1S/C15H17NO3/c1-15(2,3)11-6-4-10(5-7-11)13-8-12(16-19-13)9-14(17)18/h4-8H,9H2,1-3H3,(H,17,18). The first-order chi connectivity index (χ1) is 8.86. The molecule has 2 aromatic rings. The molecule has 1 aromatic carbocycles. The minimum absolute atomic E-state index is 0.106. The van der Waals surface area contributed by atoms with Crippen LogP contribution in [0.15, 0.2) is 34.9 Å². The predicted molar refractivity (Wildman–Crippen MR) is 72.0 cm³/mol. The molecular weight excluding hydrogens is 242 g/mol. The van der Waals surface area contributed by atoms with E-state index in [1.807, 2.05) is 12.1 Å². The van der Waals surface area contributed by atoms with Crippen LogP contribution < -0.4 is 0 Å². The molecule has 0 aliphatic carbocycles. The maximum absolute atomic E-state index is 10.6. The normalized spacial score (nSPS) is 11.5. The monoisotopic (exact) mass is 259 g/mol. The Kier molecular flexibility index (Phi) is 3.42. The molecule has 2 rings (SSSR count). The Morgan fingerprint density at radius 1 is 1.26 bits per heavy atom. The Balaban J connectivity index is 2.23. The Bertz CT molecular complexity index is 576. The van der Waals surface area contributed by atoms with E-state index in [4.69, 9.17) is 9.63 Å². The SMILES string of the molecule is CC(C)(C)c1ccc(-c2cc(CC(=O)O)no2)cc1. The molecule has 0 amide bonds. The van der Waals surface area contributed by atoms with Gasteiger partial charge < -0.3 is 9.63 Å². The van der Waals surface area contributed by atoms with Crippen LogP contribution in [0.1, 0.15) is 32.0 Å². The van der Waals surface area contributed by atoms with Gasteiger partial charge in [-0.15, -0.1) is 0 Å². The second kappa shape index (κ2) is 4.88. The minimum atomic E-state index is -0.914. The summed E-state index contributed by atoms with van der Waals surface area (Å²) in [6, 6.07) is 9.70. The molecule has 0 bridgehead atoms. The van der Waals surface area contributed by atoms with Crippen molar-refractivity contribution in [3.8, 4) is 11.3 Å². The number of carboxylic acids is 1.